The average Bonchev–Trinajstić information content (AvgIpc) is 2.69. The van der Waals surface area contributed by atoms with Crippen LogP contribution >= 0.6 is 0 Å². The number of methoxy groups -OCH3 is 1. The van der Waals surface area contributed by atoms with E-state index in [2.05, 4.69) is 10.0 Å². The van der Waals surface area contributed by atoms with Gasteiger partial charge in [0, 0.05) is 12.0 Å². The Morgan fingerprint density at radius 1 is 1.38 bits per heavy atom. The molecule has 4 atom stereocenters. The van der Waals surface area contributed by atoms with E-state index >= 15 is 0 Å². The van der Waals surface area contributed by atoms with Gasteiger partial charge in [-0.05, 0) is 19.4 Å². The second kappa shape index (κ2) is 4.20. The molecule has 0 spiro atoms. The van der Waals surface area contributed by atoms with Crippen LogP contribution in [-0.2, 0) is 18.9 Å². The summed E-state index contributed by atoms with van der Waals surface area (Å²) >= 11 is 0. The van der Waals surface area contributed by atoms with Crippen LogP contribution in [0.3, 0.4) is 0 Å². The smallest absolute Gasteiger partial charge is 0.186 e. The van der Waals surface area contributed by atoms with E-state index in [1.165, 1.54) is 0 Å². The average molecular weight is 229 g/mol. The fourth-order valence-corrected chi connectivity index (χ4v) is 2.10. The third kappa shape index (κ3) is 2.00. The summed E-state index contributed by atoms with van der Waals surface area (Å²) < 4.78 is 22.1. The van der Waals surface area contributed by atoms with Crippen LogP contribution in [0.1, 0.15) is 13.8 Å². The zero-order valence-electron chi connectivity index (χ0n) is 9.49. The fraction of sp³-hybridized carbons (Fsp3) is 1.00. The summed E-state index contributed by atoms with van der Waals surface area (Å²) in [6.07, 6.45) is -1.29. The molecule has 0 bridgehead atoms. The van der Waals surface area contributed by atoms with Crippen molar-refractivity contribution < 1.29 is 18.9 Å². The first-order valence-corrected chi connectivity index (χ1v) is 5.12. The minimum absolute atomic E-state index is 0.219. The molecule has 0 unspecified atom stereocenters. The molecule has 0 saturated carbocycles. The first kappa shape index (κ1) is 11.6. The van der Waals surface area contributed by atoms with Gasteiger partial charge in [-0.1, -0.05) is 5.11 Å². The highest BCUT2D eigenvalue weighted by Crippen LogP contribution is 2.38. The van der Waals surface area contributed by atoms with Gasteiger partial charge in [0.25, 0.3) is 0 Å². The van der Waals surface area contributed by atoms with E-state index in [9.17, 15) is 0 Å². The maximum Gasteiger partial charge on any atom is 0.186 e. The van der Waals surface area contributed by atoms with Gasteiger partial charge in [0.1, 0.15) is 12.2 Å². The van der Waals surface area contributed by atoms with E-state index in [1.807, 2.05) is 13.8 Å². The lowest BCUT2D eigenvalue weighted by molar-refractivity contribution is -0.225. The van der Waals surface area contributed by atoms with E-state index in [0.29, 0.717) is 0 Å². The molecule has 2 heterocycles. The molecule has 7 heteroatoms. The second-order valence-electron chi connectivity index (χ2n) is 4.26. The number of nitrogens with zero attached hydrogens (tertiary/aromatic N) is 3. The lowest BCUT2D eigenvalue weighted by atomic mass is 10.1. The van der Waals surface area contributed by atoms with E-state index < -0.39 is 12.1 Å². The molecular weight excluding hydrogens is 214 g/mol. The molecule has 0 N–H and O–H groups in total. The fourth-order valence-electron chi connectivity index (χ4n) is 2.10. The number of ether oxygens (including phenoxy) is 4. The van der Waals surface area contributed by atoms with Gasteiger partial charge in [-0.2, -0.15) is 0 Å². The zero-order chi connectivity index (χ0) is 11.8. The van der Waals surface area contributed by atoms with Gasteiger partial charge >= 0.3 is 0 Å². The first-order valence-electron chi connectivity index (χ1n) is 5.12. The van der Waals surface area contributed by atoms with Crippen molar-refractivity contribution in [3.05, 3.63) is 10.4 Å². The molecular formula is C9H15N3O4. The van der Waals surface area contributed by atoms with Crippen LogP contribution in [-0.4, -0.2) is 44.0 Å². The monoisotopic (exact) mass is 229 g/mol. The Morgan fingerprint density at radius 3 is 2.69 bits per heavy atom. The van der Waals surface area contributed by atoms with Crippen LogP contribution in [0, 0.1) is 0 Å². The molecule has 90 valence electrons. The second-order valence-corrected chi connectivity index (χ2v) is 4.26. The number of azide groups is 1. The lowest BCUT2D eigenvalue weighted by Crippen LogP contribution is -2.31. The molecule has 2 fully saturated rings. The highest BCUT2D eigenvalue weighted by atomic mass is 16.8. The quantitative estimate of drug-likeness (QED) is 0.413. The van der Waals surface area contributed by atoms with Crippen molar-refractivity contribution in [3.63, 3.8) is 0 Å². The standard InChI is InChI=1S/C9H15N3O4/c1-9(2)15-6-5(4-11-12-10)14-8(13-3)7(6)16-9/h5-8H,4H2,1-3H3/t5-,6+,7-,8+/m1/s1. The molecule has 0 radical (unpaired) electrons. The summed E-state index contributed by atoms with van der Waals surface area (Å²) in [7, 11) is 1.55. The van der Waals surface area contributed by atoms with E-state index in [0.717, 1.165) is 0 Å². The molecule has 2 aliphatic heterocycles. The Balaban J connectivity index is 2.10. The Kier molecular flexibility index (Phi) is 3.05. The molecule has 0 aromatic heterocycles. The number of fused-ring (bicyclic) bond motifs is 1. The molecule has 0 aromatic rings. The molecule has 7 nitrogen and oxygen atoms in total. The van der Waals surface area contributed by atoms with Crippen molar-refractivity contribution in [2.24, 2.45) is 5.11 Å². The van der Waals surface area contributed by atoms with Gasteiger partial charge in [-0.3, -0.25) is 0 Å². The molecule has 0 amide bonds. The lowest BCUT2D eigenvalue weighted by Gasteiger charge is -2.22. The van der Waals surface area contributed by atoms with Gasteiger partial charge in [-0.15, -0.1) is 0 Å². The first-order chi connectivity index (χ1) is 7.57. The maximum absolute atomic E-state index is 8.29. The van der Waals surface area contributed by atoms with Crippen molar-refractivity contribution >= 4 is 0 Å². The van der Waals surface area contributed by atoms with Gasteiger partial charge < -0.3 is 18.9 Å². The molecule has 2 rings (SSSR count). The zero-order valence-corrected chi connectivity index (χ0v) is 9.49. The van der Waals surface area contributed by atoms with E-state index in [-0.39, 0.29) is 24.9 Å². The number of rotatable bonds is 3. The molecule has 16 heavy (non-hydrogen) atoms. The van der Waals surface area contributed by atoms with Gasteiger partial charge in [0.2, 0.25) is 0 Å². The van der Waals surface area contributed by atoms with E-state index in [4.69, 9.17) is 24.5 Å². The highest BCUT2D eigenvalue weighted by molar-refractivity contribution is 4.95. The molecule has 2 aliphatic rings. The van der Waals surface area contributed by atoms with Crippen molar-refractivity contribution in [2.45, 2.75) is 44.2 Å². The Bertz CT molecular complexity index is 316. The number of hydrogen-bond donors (Lipinski definition) is 0. The van der Waals surface area contributed by atoms with Crippen LogP contribution in [0.25, 0.3) is 10.4 Å². The highest BCUT2D eigenvalue weighted by Gasteiger charge is 2.55. The topological polar surface area (TPSA) is 85.7 Å². The van der Waals surface area contributed by atoms with Gasteiger partial charge in [0.05, 0.1) is 12.6 Å². The van der Waals surface area contributed by atoms with Crippen molar-refractivity contribution in [1.29, 1.82) is 0 Å². The summed E-state index contributed by atoms with van der Waals surface area (Å²) in [5.74, 6) is -0.648. The Labute approximate surface area is 93.2 Å². The SMILES string of the molecule is CO[C@H]1O[C@H](CN=[N+]=[N-])[C@@H]2OC(C)(C)O[C@@H]12. The molecule has 0 aromatic carbocycles. The molecule has 0 aliphatic carbocycles. The normalized spacial score (nSPS) is 40.4. The largest absolute Gasteiger partial charge is 0.353 e. The summed E-state index contributed by atoms with van der Waals surface area (Å²) in [5.41, 5.74) is 8.29. The van der Waals surface area contributed by atoms with Crippen LogP contribution in [0.4, 0.5) is 0 Å². The number of hydrogen-bond acceptors (Lipinski definition) is 5. The van der Waals surface area contributed by atoms with Gasteiger partial charge in [-0.25, -0.2) is 0 Å². The minimum Gasteiger partial charge on any atom is -0.353 e. The third-order valence-electron chi connectivity index (χ3n) is 2.66. The summed E-state index contributed by atoms with van der Waals surface area (Å²) in [6, 6.07) is 0. The van der Waals surface area contributed by atoms with Crippen LogP contribution in [0.15, 0.2) is 5.11 Å². The van der Waals surface area contributed by atoms with Crippen LogP contribution in [0.5, 0.6) is 0 Å². The predicted octanol–water partition coefficient (Wildman–Crippen LogP) is 1.19. The van der Waals surface area contributed by atoms with E-state index in [1.54, 1.807) is 7.11 Å². The van der Waals surface area contributed by atoms with Crippen LogP contribution < -0.4 is 0 Å². The van der Waals surface area contributed by atoms with Crippen molar-refractivity contribution in [1.82, 2.24) is 0 Å². The van der Waals surface area contributed by atoms with Gasteiger partial charge in [0.15, 0.2) is 12.1 Å². The third-order valence-corrected chi connectivity index (χ3v) is 2.66. The van der Waals surface area contributed by atoms with Crippen molar-refractivity contribution in [3.8, 4) is 0 Å². The summed E-state index contributed by atoms with van der Waals surface area (Å²) in [5, 5.41) is 3.50. The minimum atomic E-state index is -0.648. The van der Waals surface area contributed by atoms with Crippen LogP contribution in [0.2, 0.25) is 0 Å². The molecule has 2 saturated heterocycles. The Morgan fingerprint density at radius 2 is 2.06 bits per heavy atom. The predicted molar refractivity (Wildman–Crippen MR) is 53.5 cm³/mol. The van der Waals surface area contributed by atoms with Crippen molar-refractivity contribution in [2.75, 3.05) is 13.7 Å². The summed E-state index contributed by atoms with van der Waals surface area (Å²) in [4.78, 5) is 2.71. The maximum atomic E-state index is 8.29. The Hall–Kier alpha value is -0.850. The summed E-state index contributed by atoms with van der Waals surface area (Å²) in [6.45, 7) is 3.89.